The van der Waals surface area contributed by atoms with Gasteiger partial charge in [0.05, 0.1) is 55.0 Å². The molecule has 4 heterocycles. The molecule has 5 aromatic rings. The van der Waals surface area contributed by atoms with Crippen LogP contribution in [0.4, 0.5) is 4.79 Å². The van der Waals surface area contributed by atoms with Crippen LogP contribution in [-0.4, -0.2) is 62.7 Å². The van der Waals surface area contributed by atoms with Crippen molar-refractivity contribution in [2.75, 3.05) is 20.2 Å². The van der Waals surface area contributed by atoms with E-state index in [4.69, 9.17) is 14.7 Å². The van der Waals surface area contributed by atoms with Crippen LogP contribution in [0.15, 0.2) is 73.1 Å². The number of ether oxygens (including phenoxy) is 1. The van der Waals surface area contributed by atoms with Crippen LogP contribution >= 0.6 is 0 Å². The van der Waals surface area contributed by atoms with E-state index in [1.807, 2.05) is 38.2 Å². The Morgan fingerprint density at radius 1 is 0.981 bits per heavy atom. The number of hydrogen-bond acceptors (Lipinski definition) is 7. The van der Waals surface area contributed by atoms with Gasteiger partial charge < -0.3 is 29.8 Å². The van der Waals surface area contributed by atoms with Gasteiger partial charge in [-0.25, -0.2) is 14.8 Å². The van der Waals surface area contributed by atoms with E-state index in [0.717, 1.165) is 81.7 Å². The molecule has 52 heavy (non-hydrogen) atoms. The van der Waals surface area contributed by atoms with Crippen molar-refractivity contribution in [1.29, 1.82) is 5.26 Å². The number of aromatic amines is 1. The molecule has 266 valence electrons. The summed E-state index contributed by atoms with van der Waals surface area (Å²) >= 11 is 0. The summed E-state index contributed by atoms with van der Waals surface area (Å²) in [5.74, 6) is 1.58. The molecule has 3 fully saturated rings. The van der Waals surface area contributed by atoms with Crippen LogP contribution in [0.25, 0.3) is 44.4 Å². The Hall–Kier alpha value is -5.47. The topological polar surface area (TPSA) is 141 Å². The molecular formula is C41H44N8O3. The lowest BCUT2D eigenvalue weighted by atomic mass is 9.98. The monoisotopic (exact) mass is 696 g/mol. The molecule has 2 aromatic heterocycles. The van der Waals surface area contributed by atoms with Gasteiger partial charge in [0.15, 0.2) is 0 Å². The lowest BCUT2D eigenvalue weighted by Crippen LogP contribution is -2.51. The van der Waals surface area contributed by atoms with Crippen molar-refractivity contribution in [1.82, 2.24) is 35.1 Å². The second-order valence-electron chi connectivity index (χ2n) is 15.2. The first-order valence-corrected chi connectivity index (χ1v) is 18.1. The van der Waals surface area contributed by atoms with Crippen LogP contribution < -0.4 is 10.6 Å². The van der Waals surface area contributed by atoms with E-state index in [9.17, 15) is 14.9 Å². The van der Waals surface area contributed by atoms with E-state index in [2.05, 4.69) is 86.9 Å². The van der Waals surface area contributed by atoms with Crippen molar-refractivity contribution < 1.29 is 14.3 Å². The first-order chi connectivity index (χ1) is 25.1. The summed E-state index contributed by atoms with van der Waals surface area (Å²) in [5, 5.41) is 17.8. The summed E-state index contributed by atoms with van der Waals surface area (Å²) in [6.45, 7) is 5.24. The fourth-order valence-electron chi connectivity index (χ4n) is 8.07. The molecular weight excluding hydrogens is 653 g/mol. The largest absolute Gasteiger partial charge is 0.453 e. The highest BCUT2D eigenvalue weighted by Gasteiger charge is 2.55. The molecule has 0 unspecified atom stereocenters. The Bertz CT molecular complexity index is 2190. The minimum Gasteiger partial charge on any atom is -0.453 e. The lowest BCUT2D eigenvalue weighted by Gasteiger charge is -2.30. The third-order valence-corrected chi connectivity index (χ3v) is 11.4. The first-order valence-electron chi connectivity index (χ1n) is 18.1. The first kappa shape index (κ1) is 33.7. The number of nitrogens with one attached hydrogen (secondary N) is 3. The number of carbonyl (C=O) groups is 2. The van der Waals surface area contributed by atoms with Gasteiger partial charge in [-0.3, -0.25) is 4.79 Å². The Kier molecular flexibility index (Phi) is 8.58. The Morgan fingerprint density at radius 3 is 2.35 bits per heavy atom. The molecule has 3 aliphatic rings. The second-order valence-corrected chi connectivity index (χ2v) is 15.2. The molecule has 8 rings (SSSR count). The number of fused-ring (bicyclic) bond motifs is 1. The van der Waals surface area contributed by atoms with Crippen LogP contribution in [0, 0.1) is 28.6 Å². The normalized spacial score (nSPS) is 21.1. The summed E-state index contributed by atoms with van der Waals surface area (Å²) in [6, 6.07) is 23.2. The number of imidazole rings is 2. The number of methoxy groups -OCH3 is 1. The van der Waals surface area contributed by atoms with E-state index in [1.165, 1.54) is 7.11 Å². The predicted octanol–water partition coefficient (Wildman–Crippen LogP) is 6.91. The molecule has 1 aliphatic carbocycles. The maximum atomic E-state index is 13.9. The molecule has 2 amide bonds. The SMILES string of the molecule is COC(=O)N[C@H](C(=O)N1CC2(CC2)C[C@H]1c1ncc(-c2ccc3cc(-c4ccc(-c5cnc([C@@H]6C[C@H](C#N)CN6)n5C)cc4)ccc3c2)[nH]1)C(C)C. The number of benzene rings is 3. The molecule has 0 bridgehead atoms. The van der Waals surface area contributed by atoms with E-state index < -0.39 is 12.1 Å². The van der Waals surface area contributed by atoms with Gasteiger partial charge in [0.2, 0.25) is 5.91 Å². The minimum atomic E-state index is -0.671. The van der Waals surface area contributed by atoms with E-state index in [1.54, 1.807) is 0 Å². The third kappa shape index (κ3) is 6.21. The summed E-state index contributed by atoms with van der Waals surface area (Å²) in [4.78, 5) is 40.9. The predicted molar refractivity (Wildman–Crippen MR) is 199 cm³/mol. The fourth-order valence-corrected chi connectivity index (χ4v) is 8.07. The quantitative estimate of drug-likeness (QED) is 0.160. The molecule has 3 N–H and O–H groups in total. The molecule has 3 aromatic carbocycles. The van der Waals surface area contributed by atoms with Crippen molar-refractivity contribution in [3.63, 3.8) is 0 Å². The molecule has 11 heteroatoms. The van der Waals surface area contributed by atoms with Crippen molar-refractivity contribution >= 4 is 22.8 Å². The van der Waals surface area contributed by atoms with Gasteiger partial charge in [0.25, 0.3) is 0 Å². The number of rotatable bonds is 8. The van der Waals surface area contributed by atoms with Gasteiger partial charge in [-0.1, -0.05) is 62.4 Å². The van der Waals surface area contributed by atoms with Crippen LogP contribution in [0.1, 0.15) is 63.3 Å². The highest BCUT2D eigenvalue weighted by molar-refractivity contribution is 5.91. The smallest absolute Gasteiger partial charge is 0.407 e. The van der Waals surface area contributed by atoms with E-state index >= 15 is 0 Å². The standard InChI is InChI=1S/C41H44N8O3/c1-24(2)36(47-40(51)52-4)39(50)49-23-41(13-14-41)18-34(49)37-44-21-33(46-37)31-12-11-29-16-28(9-10-30(29)17-31)26-5-7-27(8-6-26)35-22-45-38(48(35)3)32-15-25(19-42)20-43-32/h5-12,16-17,21-22,24-25,32,34,36,43H,13-15,18,20,23H2,1-4H3,(H,44,46)(H,47,51)/t25-,32+,34+,36+/m1/s1. The molecule has 11 nitrogen and oxygen atoms in total. The van der Waals surface area contributed by atoms with Gasteiger partial charge in [-0.05, 0) is 76.6 Å². The van der Waals surface area contributed by atoms with Gasteiger partial charge >= 0.3 is 6.09 Å². The zero-order chi connectivity index (χ0) is 36.1. The summed E-state index contributed by atoms with van der Waals surface area (Å²) < 4.78 is 6.94. The molecule has 1 saturated carbocycles. The van der Waals surface area contributed by atoms with E-state index in [-0.39, 0.29) is 35.2 Å². The Morgan fingerprint density at radius 2 is 1.67 bits per heavy atom. The highest BCUT2D eigenvalue weighted by Crippen LogP contribution is 2.58. The van der Waals surface area contributed by atoms with Crippen LogP contribution in [0.5, 0.6) is 0 Å². The number of hydrogen-bond donors (Lipinski definition) is 3. The molecule has 4 atom stereocenters. The van der Waals surface area contributed by atoms with Crippen molar-refractivity contribution in [3.05, 3.63) is 84.7 Å². The fraction of sp³-hybridized carbons (Fsp3) is 0.390. The minimum absolute atomic E-state index is 0.0284. The molecule has 1 spiro atoms. The number of carbonyl (C=O) groups excluding carboxylic acids is 2. The van der Waals surface area contributed by atoms with Gasteiger partial charge in [-0.15, -0.1) is 0 Å². The Balaban J connectivity index is 0.989. The zero-order valence-corrected chi connectivity index (χ0v) is 30.0. The summed E-state index contributed by atoms with van der Waals surface area (Å²) in [7, 11) is 3.35. The number of nitrogens with zero attached hydrogens (tertiary/aromatic N) is 5. The third-order valence-electron chi connectivity index (χ3n) is 11.4. The van der Waals surface area contributed by atoms with Gasteiger partial charge in [0.1, 0.15) is 17.7 Å². The van der Waals surface area contributed by atoms with Crippen LogP contribution in [-0.2, 0) is 16.6 Å². The van der Waals surface area contributed by atoms with Gasteiger partial charge in [0, 0.05) is 25.7 Å². The molecule has 2 aliphatic heterocycles. The average molecular weight is 697 g/mol. The van der Waals surface area contributed by atoms with E-state index in [0.29, 0.717) is 13.1 Å². The lowest BCUT2D eigenvalue weighted by molar-refractivity contribution is -0.135. The average Bonchev–Trinajstić information content (AvgIpc) is 3.62. The Labute approximate surface area is 303 Å². The zero-order valence-electron chi connectivity index (χ0n) is 30.0. The maximum absolute atomic E-state index is 13.9. The van der Waals surface area contributed by atoms with Gasteiger partial charge in [-0.2, -0.15) is 5.26 Å². The van der Waals surface area contributed by atoms with Crippen molar-refractivity contribution in [2.45, 2.75) is 57.7 Å². The number of alkyl carbamates (subject to hydrolysis) is 1. The second kappa shape index (κ2) is 13.3. The van der Waals surface area contributed by atoms with Crippen molar-refractivity contribution in [3.8, 4) is 39.7 Å². The van der Waals surface area contributed by atoms with Crippen LogP contribution in [0.3, 0.4) is 0 Å². The summed E-state index contributed by atoms with van der Waals surface area (Å²) in [6.07, 6.45) is 7.02. The van der Waals surface area contributed by atoms with Crippen molar-refractivity contribution in [2.24, 2.45) is 24.3 Å². The summed E-state index contributed by atoms with van der Waals surface area (Å²) in [5.41, 5.74) is 6.49. The number of H-pyrrole nitrogens is 1. The number of nitriles is 1. The molecule has 2 saturated heterocycles. The highest BCUT2D eigenvalue weighted by atomic mass is 16.5. The van der Waals surface area contributed by atoms with Crippen LogP contribution in [0.2, 0.25) is 0 Å². The molecule has 0 radical (unpaired) electrons. The number of likely N-dealkylation sites (tertiary alicyclic amines) is 1. The maximum Gasteiger partial charge on any atom is 0.407 e. The number of aromatic nitrogens is 4. The number of amides is 2.